The summed E-state index contributed by atoms with van der Waals surface area (Å²) in [6.07, 6.45) is 0.942. The number of likely N-dealkylation sites (tertiary alicyclic amines) is 1. The van der Waals surface area contributed by atoms with E-state index in [0.717, 1.165) is 28.4 Å². The molecule has 0 aliphatic carbocycles. The molecule has 0 saturated carbocycles. The lowest BCUT2D eigenvalue weighted by Gasteiger charge is -2.17. The van der Waals surface area contributed by atoms with Gasteiger partial charge in [0.25, 0.3) is 0 Å². The van der Waals surface area contributed by atoms with E-state index >= 15 is 0 Å². The second-order valence-corrected chi connectivity index (χ2v) is 7.88. The Hall–Kier alpha value is -2.83. The summed E-state index contributed by atoms with van der Waals surface area (Å²) in [5, 5.41) is 7.52. The summed E-state index contributed by atoms with van der Waals surface area (Å²) in [7, 11) is 1.64. The minimum atomic E-state index is -0.346. The fourth-order valence-corrected chi connectivity index (χ4v) is 3.90. The van der Waals surface area contributed by atoms with Gasteiger partial charge in [0, 0.05) is 25.6 Å². The van der Waals surface area contributed by atoms with Gasteiger partial charge in [0.1, 0.15) is 5.75 Å². The second kappa shape index (κ2) is 8.68. The Kier molecular flexibility index (Phi) is 6.25. The Bertz CT molecular complexity index is 903. The maximum atomic E-state index is 12.8. The van der Waals surface area contributed by atoms with Gasteiger partial charge in [-0.15, -0.1) is 0 Å². The topological polar surface area (TPSA) is 76.5 Å². The normalized spacial score (nSPS) is 16.6. The number of nitrogens with one attached hydrogen (secondary N) is 1. The van der Waals surface area contributed by atoms with Gasteiger partial charge >= 0.3 is 0 Å². The van der Waals surface area contributed by atoms with E-state index in [1.165, 1.54) is 0 Å². The highest BCUT2D eigenvalue weighted by Crippen LogP contribution is 2.26. The molecule has 2 amide bonds. The predicted octanol–water partition coefficient (Wildman–Crippen LogP) is 3.12. The quantitative estimate of drug-likeness (QED) is 0.777. The number of benzene rings is 1. The van der Waals surface area contributed by atoms with Crippen LogP contribution < -0.4 is 10.1 Å². The number of aromatic nitrogens is 2. The average molecular weight is 399 g/mol. The van der Waals surface area contributed by atoms with Crippen molar-refractivity contribution in [3.05, 3.63) is 41.2 Å². The zero-order valence-corrected chi connectivity index (χ0v) is 17.9. The lowest BCUT2D eigenvalue weighted by atomic mass is 10.1. The molecule has 1 fully saturated rings. The molecule has 156 valence electrons. The van der Waals surface area contributed by atoms with Crippen LogP contribution >= 0.6 is 0 Å². The Morgan fingerprint density at radius 2 is 2.03 bits per heavy atom. The number of carbonyl (C=O) groups is 2. The molecule has 0 bridgehead atoms. The van der Waals surface area contributed by atoms with Crippen LogP contribution in [-0.4, -0.2) is 46.7 Å². The van der Waals surface area contributed by atoms with E-state index in [9.17, 15) is 9.59 Å². The number of ether oxygens (including phenoxy) is 1. The number of hydrogen-bond donors (Lipinski definition) is 1. The minimum Gasteiger partial charge on any atom is -0.496 e. The molecule has 1 unspecified atom stereocenters. The van der Waals surface area contributed by atoms with Crippen molar-refractivity contribution >= 4 is 17.5 Å². The summed E-state index contributed by atoms with van der Waals surface area (Å²) in [5.74, 6) is 0.377. The smallest absolute Gasteiger partial charge is 0.229 e. The van der Waals surface area contributed by atoms with Gasteiger partial charge in [-0.3, -0.25) is 14.3 Å². The average Bonchev–Trinajstić information content (AvgIpc) is 3.21. The maximum absolute atomic E-state index is 12.8. The third-order valence-corrected chi connectivity index (χ3v) is 5.49. The van der Waals surface area contributed by atoms with Crippen molar-refractivity contribution in [2.75, 3.05) is 25.5 Å². The molecule has 2 aromatic rings. The molecule has 3 rings (SSSR count). The molecular weight excluding hydrogens is 368 g/mol. The van der Waals surface area contributed by atoms with E-state index in [4.69, 9.17) is 4.74 Å². The van der Waals surface area contributed by atoms with Gasteiger partial charge in [-0.1, -0.05) is 18.2 Å². The van der Waals surface area contributed by atoms with Crippen LogP contribution in [0.3, 0.4) is 0 Å². The van der Waals surface area contributed by atoms with E-state index in [-0.39, 0.29) is 30.2 Å². The van der Waals surface area contributed by atoms with E-state index in [1.54, 1.807) is 12.0 Å². The molecule has 0 radical (unpaired) electrons. The molecule has 29 heavy (non-hydrogen) atoms. The minimum absolute atomic E-state index is 0.0198. The van der Waals surface area contributed by atoms with Crippen LogP contribution in [-0.2, 0) is 16.0 Å². The van der Waals surface area contributed by atoms with Crippen molar-refractivity contribution in [3.63, 3.8) is 0 Å². The summed E-state index contributed by atoms with van der Waals surface area (Å²) in [5.41, 5.74) is 3.54. The first kappa shape index (κ1) is 20.9. The van der Waals surface area contributed by atoms with Crippen molar-refractivity contribution < 1.29 is 14.3 Å². The molecule has 7 nitrogen and oxygen atoms in total. The summed E-state index contributed by atoms with van der Waals surface area (Å²) < 4.78 is 7.29. The highest BCUT2D eigenvalue weighted by Gasteiger charge is 2.34. The van der Waals surface area contributed by atoms with Gasteiger partial charge in [-0.25, -0.2) is 0 Å². The number of para-hydroxylation sites is 1. The SMILES string of the molecule is COc1ccccc1CCN1CC(C(=O)Nc2c(C)nn(C(C)C)c2C)CC1=O. The third-order valence-electron chi connectivity index (χ3n) is 5.49. The Morgan fingerprint density at radius 1 is 1.31 bits per heavy atom. The monoisotopic (exact) mass is 398 g/mol. The molecule has 7 heteroatoms. The zero-order chi connectivity index (χ0) is 21.1. The third kappa shape index (κ3) is 4.44. The van der Waals surface area contributed by atoms with Gasteiger partial charge < -0.3 is 15.0 Å². The lowest BCUT2D eigenvalue weighted by Crippen LogP contribution is -2.30. The number of amides is 2. The fourth-order valence-electron chi connectivity index (χ4n) is 3.90. The van der Waals surface area contributed by atoms with Crippen LogP contribution in [0, 0.1) is 19.8 Å². The standard InChI is InChI=1S/C22H30N4O3/c1-14(2)26-16(4)21(15(3)24-26)23-22(28)18-12-20(27)25(13-18)11-10-17-8-6-7-9-19(17)29-5/h6-9,14,18H,10-13H2,1-5H3,(H,23,28). The van der Waals surface area contributed by atoms with Crippen LogP contribution in [0.1, 0.15) is 43.3 Å². The molecule has 1 aromatic carbocycles. The lowest BCUT2D eigenvalue weighted by molar-refractivity contribution is -0.128. The Balaban J connectivity index is 1.62. The zero-order valence-electron chi connectivity index (χ0n) is 17.9. The number of anilines is 1. The van der Waals surface area contributed by atoms with Gasteiger partial charge in [0.15, 0.2) is 0 Å². The van der Waals surface area contributed by atoms with E-state index < -0.39 is 0 Å². The molecule has 0 spiro atoms. The summed E-state index contributed by atoms with van der Waals surface area (Å²) in [4.78, 5) is 27.0. The first-order valence-corrected chi connectivity index (χ1v) is 10.1. The van der Waals surface area contributed by atoms with Crippen LogP contribution in [0.4, 0.5) is 5.69 Å². The largest absolute Gasteiger partial charge is 0.496 e. The summed E-state index contributed by atoms with van der Waals surface area (Å²) >= 11 is 0. The molecule has 1 saturated heterocycles. The van der Waals surface area contributed by atoms with Crippen molar-refractivity contribution in [1.29, 1.82) is 0 Å². The molecule has 1 N–H and O–H groups in total. The number of rotatable bonds is 7. The van der Waals surface area contributed by atoms with Crippen molar-refractivity contribution in [3.8, 4) is 5.75 Å². The molecule has 2 heterocycles. The first-order valence-electron chi connectivity index (χ1n) is 10.1. The van der Waals surface area contributed by atoms with Crippen LogP contribution in [0.2, 0.25) is 0 Å². The van der Waals surface area contributed by atoms with Gasteiger partial charge in [-0.2, -0.15) is 5.10 Å². The van der Waals surface area contributed by atoms with Crippen LogP contribution in [0.5, 0.6) is 5.75 Å². The number of hydrogen-bond acceptors (Lipinski definition) is 4. The summed E-state index contributed by atoms with van der Waals surface area (Å²) in [6, 6.07) is 8.02. The number of methoxy groups -OCH3 is 1. The highest BCUT2D eigenvalue weighted by molar-refractivity contribution is 5.97. The maximum Gasteiger partial charge on any atom is 0.229 e. The van der Waals surface area contributed by atoms with Crippen molar-refractivity contribution in [1.82, 2.24) is 14.7 Å². The van der Waals surface area contributed by atoms with Crippen molar-refractivity contribution in [2.24, 2.45) is 5.92 Å². The van der Waals surface area contributed by atoms with Crippen LogP contribution in [0.25, 0.3) is 0 Å². The Labute approximate surface area is 172 Å². The van der Waals surface area contributed by atoms with Crippen molar-refractivity contribution in [2.45, 2.75) is 46.6 Å². The first-order chi connectivity index (χ1) is 13.8. The van der Waals surface area contributed by atoms with Gasteiger partial charge in [0.05, 0.1) is 30.1 Å². The van der Waals surface area contributed by atoms with E-state index in [2.05, 4.69) is 24.3 Å². The molecule has 1 aliphatic rings. The van der Waals surface area contributed by atoms with Crippen LogP contribution in [0.15, 0.2) is 24.3 Å². The predicted molar refractivity (Wildman–Crippen MR) is 112 cm³/mol. The fraction of sp³-hybridized carbons (Fsp3) is 0.500. The second-order valence-electron chi connectivity index (χ2n) is 7.88. The number of nitrogens with zero attached hydrogens (tertiary/aromatic N) is 3. The van der Waals surface area contributed by atoms with Gasteiger partial charge in [-0.05, 0) is 45.7 Å². The molecule has 1 atom stereocenters. The van der Waals surface area contributed by atoms with Gasteiger partial charge in [0.2, 0.25) is 11.8 Å². The molecule has 1 aliphatic heterocycles. The number of carbonyl (C=O) groups excluding carboxylic acids is 2. The van der Waals surface area contributed by atoms with E-state index in [1.807, 2.05) is 42.8 Å². The highest BCUT2D eigenvalue weighted by atomic mass is 16.5. The Morgan fingerprint density at radius 3 is 2.69 bits per heavy atom. The molecular formula is C22H30N4O3. The summed E-state index contributed by atoms with van der Waals surface area (Å²) in [6.45, 7) is 8.97. The number of aryl methyl sites for hydroxylation is 1. The molecule has 1 aromatic heterocycles. The van der Waals surface area contributed by atoms with E-state index in [0.29, 0.717) is 19.5 Å².